The first kappa shape index (κ1) is 84.2. The number of hydrogen-bond acceptors (Lipinski definition) is 24. The van der Waals surface area contributed by atoms with Gasteiger partial charge in [0.05, 0.1) is 78.4 Å². The van der Waals surface area contributed by atoms with Crippen LogP contribution in [0.3, 0.4) is 0 Å². The fourth-order valence-corrected chi connectivity index (χ4v) is 16.1. The lowest BCUT2D eigenvalue weighted by Gasteiger charge is -2.25. The van der Waals surface area contributed by atoms with Crippen LogP contribution in [0.4, 0.5) is 26.9 Å². The van der Waals surface area contributed by atoms with E-state index in [4.69, 9.17) is 43.4 Å². The summed E-state index contributed by atoms with van der Waals surface area (Å²) in [4.78, 5) is 68.3. The van der Waals surface area contributed by atoms with E-state index in [9.17, 15) is 54.6 Å². The largest absolute Gasteiger partial charge is 0.694 e. The van der Waals surface area contributed by atoms with E-state index in [0.29, 0.717) is 102 Å². The molecule has 0 radical (unpaired) electrons. The quantitative estimate of drug-likeness (QED) is 0.00299. The van der Waals surface area contributed by atoms with Gasteiger partial charge in [0.2, 0.25) is 17.5 Å². The molecule has 1 saturated heterocycles. The van der Waals surface area contributed by atoms with E-state index in [2.05, 4.69) is 47.2 Å². The molecule has 4 aromatic rings. The number of H-pyrrole nitrogens is 1. The highest BCUT2D eigenvalue weighted by Gasteiger charge is 2.46. The number of aromatic amines is 1. The molecule has 9 N–H and O–H groups in total. The van der Waals surface area contributed by atoms with E-state index in [-0.39, 0.29) is 76.9 Å². The highest BCUT2D eigenvalue weighted by Crippen LogP contribution is 2.49. The molecule has 3 amide bonds. The number of benzene rings is 2. The molecule has 566 valence electrons. The van der Waals surface area contributed by atoms with Crippen LogP contribution in [0.2, 0.25) is 0 Å². The Hall–Kier alpha value is -6.04. The Kier molecular flexibility index (Phi) is 32.8. The number of hydrogen-bond donors (Lipinski definition) is 8. The minimum atomic E-state index is -4.46. The van der Waals surface area contributed by atoms with Crippen molar-refractivity contribution in [3.05, 3.63) is 106 Å². The number of allylic oxidation sites excluding steroid dienone is 6. The molecule has 5 heterocycles. The van der Waals surface area contributed by atoms with E-state index >= 15 is 0 Å². The summed E-state index contributed by atoms with van der Waals surface area (Å²) in [6.07, 6.45) is 14.7. The van der Waals surface area contributed by atoms with Crippen molar-refractivity contribution in [2.75, 3.05) is 114 Å². The fourth-order valence-electron chi connectivity index (χ4n) is 11.7. The molecule has 1 fully saturated rings. The molecule has 29 nitrogen and oxygen atoms in total. The maximum absolute atomic E-state index is 13.0. The summed E-state index contributed by atoms with van der Waals surface area (Å²) >= 11 is 0. The molecular formula is C67H94N9O20PS6+2. The Bertz CT molecular complexity index is 4100. The van der Waals surface area contributed by atoms with Crippen molar-refractivity contribution in [2.45, 2.75) is 144 Å². The first-order valence-electron chi connectivity index (χ1n) is 33.4. The number of anilines is 2. The minimum absolute atomic E-state index is 0.0791. The van der Waals surface area contributed by atoms with Gasteiger partial charge in [0, 0.05) is 95.5 Å². The van der Waals surface area contributed by atoms with Crippen molar-refractivity contribution in [1.82, 2.24) is 30.5 Å². The highest BCUT2D eigenvalue weighted by atomic mass is 33.1. The predicted molar refractivity (Wildman–Crippen MR) is 400 cm³/mol. The molecule has 2 aromatic heterocycles. The molecule has 0 spiro atoms. The number of amides is 3. The lowest BCUT2D eigenvalue weighted by atomic mass is 9.81. The smallest absolute Gasteiger partial charge is 0.450 e. The number of aromatic nitrogens is 3. The van der Waals surface area contributed by atoms with Crippen LogP contribution in [0.15, 0.2) is 93.3 Å². The van der Waals surface area contributed by atoms with Gasteiger partial charge in [-0.1, -0.05) is 87.1 Å². The summed E-state index contributed by atoms with van der Waals surface area (Å²) in [6.45, 7) is 17.6. The third-order valence-electron chi connectivity index (χ3n) is 16.9. The SMILES string of the molecule is CCN1\C(=C/C=C/C=C/C2=[N+](CCCCCC(=O)NCCOCCOCCNC(=O)OCCC(C)(C)SSCOCCCCOC(=O)NCC#Cc3cn(C4CC(OCSSC)[C@@H](CO[P+](=O)O)O4)c4nc(N)[nH]c(=O)c34)c3ccc(S(=O)(=O)O)cc3C2(C)C)C(C)(C)c2cc(S(=O)(=O)O)ccc21. The second-order valence-electron chi connectivity index (χ2n) is 25.4. The molecule has 0 saturated carbocycles. The molecule has 2 aromatic carbocycles. The van der Waals surface area contributed by atoms with Gasteiger partial charge in [0.25, 0.3) is 25.8 Å². The van der Waals surface area contributed by atoms with Crippen molar-refractivity contribution in [3.8, 4) is 11.8 Å². The minimum Gasteiger partial charge on any atom is -0.450 e. The summed E-state index contributed by atoms with van der Waals surface area (Å²) in [5.74, 6) is 6.30. The number of ether oxygens (including phenoxy) is 7. The second kappa shape index (κ2) is 40.1. The molecule has 103 heavy (non-hydrogen) atoms. The molecule has 4 atom stereocenters. The Morgan fingerprint density at radius 2 is 1.54 bits per heavy atom. The molecule has 3 aliphatic rings. The van der Waals surface area contributed by atoms with Gasteiger partial charge in [-0.3, -0.25) is 23.7 Å². The zero-order chi connectivity index (χ0) is 75.0. The van der Waals surface area contributed by atoms with Crippen LogP contribution >= 0.6 is 51.4 Å². The van der Waals surface area contributed by atoms with Gasteiger partial charge >= 0.3 is 20.4 Å². The lowest BCUT2D eigenvalue weighted by Crippen LogP contribution is -2.30. The first-order chi connectivity index (χ1) is 49.0. The van der Waals surface area contributed by atoms with E-state index < -0.39 is 75.5 Å². The van der Waals surface area contributed by atoms with Crippen LogP contribution in [0.1, 0.15) is 123 Å². The number of nitrogens with two attached hydrogens (primary N) is 1. The Morgan fingerprint density at radius 3 is 2.25 bits per heavy atom. The summed E-state index contributed by atoms with van der Waals surface area (Å²) < 4.78 is 127. The highest BCUT2D eigenvalue weighted by molar-refractivity contribution is 8.77. The van der Waals surface area contributed by atoms with Gasteiger partial charge in [0.1, 0.15) is 37.4 Å². The van der Waals surface area contributed by atoms with Crippen LogP contribution in [-0.4, -0.2) is 194 Å². The molecule has 0 aliphatic carbocycles. The topological polar surface area (TPSA) is 390 Å². The van der Waals surface area contributed by atoms with Crippen molar-refractivity contribution in [3.63, 3.8) is 0 Å². The van der Waals surface area contributed by atoms with Crippen molar-refractivity contribution in [1.29, 1.82) is 0 Å². The zero-order valence-corrected chi connectivity index (χ0v) is 64.8. The van der Waals surface area contributed by atoms with E-state index in [0.717, 1.165) is 46.8 Å². The summed E-state index contributed by atoms with van der Waals surface area (Å²) in [5, 5.41) is 8.31. The Morgan fingerprint density at radius 1 is 0.854 bits per heavy atom. The average molecular weight is 1570 g/mol. The second-order valence-corrected chi connectivity index (χ2v) is 34.5. The number of alkyl carbamates (subject to hydrolysis) is 2. The summed E-state index contributed by atoms with van der Waals surface area (Å²) in [5.41, 5.74) is 9.78. The number of carbonyl (C=O) groups excluding carboxylic acids is 3. The maximum atomic E-state index is 13.0. The normalized spacial score (nSPS) is 17.7. The molecule has 36 heteroatoms. The standard InChI is InChI=1S/C67H92N9O20PS6/c1-9-74-51-25-23-47(102(83,84)85)39-49(51)66(4,5)55(74)20-12-10-13-21-56-67(6,7)50-40-48(103(86,87)88)24-26-52(50)75(56)31-15-11-14-22-57(77)69-29-35-89-37-38-90-36-30-71-64(80)93-34-27-65(2,3)101-100-44-91-32-16-17-33-92-63(79)70-28-18-19-46-42-76(60-59(46)61(78)73-62(68)72-60)58-41-53(94-45-99-98-8)54(96-58)43-95-97(81)82/h10,12-13,20-21,23-26,39-40,42,53-54,58H,9,11,14-17,22,27-38,41,43-45H2,1-8H3,(H7-2,68,69,70,71,72,73,77,78,79,80,81,82,83,84,85,86,87,88)/p+2/t53?,54-,58?/m1/s1. The monoisotopic (exact) mass is 1570 g/mol. The van der Waals surface area contributed by atoms with Gasteiger partial charge in [-0.15, -0.1) is 9.42 Å². The van der Waals surface area contributed by atoms with Crippen LogP contribution < -0.4 is 32.1 Å². The Balaban J connectivity index is 0.690. The van der Waals surface area contributed by atoms with E-state index in [1.807, 2.05) is 85.1 Å². The van der Waals surface area contributed by atoms with E-state index in [1.165, 1.54) is 45.9 Å². The van der Waals surface area contributed by atoms with Gasteiger partial charge in [0.15, 0.2) is 11.4 Å². The molecule has 7 rings (SSSR count). The average Bonchev–Trinajstić information content (AvgIpc) is 1.60. The van der Waals surface area contributed by atoms with Crippen LogP contribution in [0, 0.1) is 11.8 Å². The predicted octanol–water partition coefficient (Wildman–Crippen LogP) is 9.82. The van der Waals surface area contributed by atoms with Gasteiger partial charge in [-0.2, -0.15) is 26.4 Å². The molecule has 3 unspecified atom stereocenters. The number of carbonyl (C=O) groups is 3. The van der Waals surface area contributed by atoms with Crippen LogP contribution in [-0.2, 0) is 78.1 Å². The van der Waals surface area contributed by atoms with Crippen LogP contribution in [0.25, 0.3) is 11.0 Å². The fraction of sp³-hybridized carbons (Fsp3) is 0.552. The number of rotatable bonds is 42. The molecule has 0 bridgehead atoms. The van der Waals surface area contributed by atoms with Crippen molar-refractivity contribution >= 4 is 124 Å². The van der Waals surface area contributed by atoms with E-state index in [1.54, 1.807) is 44.5 Å². The molecular weight excluding hydrogens is 1470 g/mol. The van der Waals surface area contributed by atoms with Crippen molar-refractivity contribution < 1.29 is 92.0 Å². The Labute approximate surface area is 618 Å². The number of nitrogen functional groups attached to an aromatic ring is 1. The molecule has 3 aliphatic heterocycles. The third-order valence-corrected chi connectivity index (χ3v) is 23.5. The number of nitrogens with one attached hydrogen (secondary N) is 4. The number of nitrogens with zero attached hydrogens (tertiary/aromatic N) is 4. The lowest BCUT2D eigenvalue weighted by molar-refractivity contribution is -0.438. The zero-order valence-electron chi connectivity index (χ0n) is 59.0. The van der Waals surface area contributed by atoms with Crippen molar-refractivity contribution in [2.24, 2.45) is 0 Å². The summed E-state index contributed by atoms with van der Waals surface area (Å²) in [6, 6.07) is 9.26. The summed E-state index contributed by atoms with van der Waals surface area (Å²) in [7, 11) is -5.55. The third kappa shape index (κ3) is 25.0. The number of unbranched alkanes of at least 4 members (excludes halogenated alkanes) is 3. The first-order valence-corrected chi connectivity index (χ1v) is 42.5. The van der Waals surface area contributed by atoms with Crippen LogP contribution in [0.5, 0.6) is 0 Å². The number of likely N-dealkylation sites (N-methyl/N-ethyl adjacent to an activating group) is 1. The van der Waals surface area contributed by atoms with Gasteiger partial charge in [-0.25, -0.2) is 9.59 Å². The number of fused-ring (bicyclic) bond motifs is 3. The maximum Gasteiger partial charge on any atom is 0.694 e. The van der Waals surface area contributed by atoms with Gasteiger partial charge < -0.3 is 64.3 Å². The van der Waals surface area contributed by atoms with Gasteiger partial charge in [-0.05, 0) is 115 Å².